The summed E-state index contributed by atoms with van der Waals surface area (Å²) >= 11 is 0. The second kappa shape index (κ2) is 6.28. The summed E-state index contributed by atoms with van der Waals surface area (Å²) in [6, 6.07) is 8.12. The van der Waals surface area contributed by atoms with Gasteiger partial charge in [0.2, 0.25) is 0 Å². The van der Waals surface area contributed by atoms with Crippen LogP contribution in [0.1, 0.15) is 36.3 Å². The molecule has 112 valence electrons. The molecule has 21 heavy (non-hydrogen) atoms. The molecular formula is C16H18FNO3. The molecule has 1 aromatic heterocycles. The van der Waals surface area contributed by atoms with E-state index >= 15 is 0 Å². The molecule has 4 nitrogen and oxygen atoms in total. The van der Waals surface area contributed by atoms with Gasteiger partial charge >= 0.3 is 0 Å². The van der Waals surface area contributed by atoms with Crippen LogP contribution in [0.15, 0.2) is 41.0 Å². The fourth-order valence-corrected chi connectivity index (χ4v) is 2.59. The highest BCUT2D eigenvalue weighted by Gasteiger charge is 2.21. The van der Waals surface area contributed by atoms with Gasteiger partial charge in [-0.2, -0.15) is 0 Å². The molecule has 0 bridgehead atoms. The lowest BCUT2D eigenvalue weighted by Crippen LogP contribution is -2.26. The zero-order valence-electron chi connectivity index (χ0n) is 11.6. The summed E-state index contributed by atoms with van der Waals surface area (Å²) in [5, 5.41) is 13.4. The average Bonchev–Trinajstić information content (AvgIpc) is 2.94. The summed E-state index contributed by atoms with van der Waals surface area (Å²) in [6.07, 6.45) is 2.60. The normalized spacial score (nSPS) is 19.4. The second-order valence-corrected chi connectivity index (χ2v) is 5.16. The summed E-state index contributed by atoms with van der Waals surface area (Å²) < 4.78 is 24.1. The molecule has 2 atom stereocenters. The summed E-state index contributed by atoms with van der Waals surface area (Å²) in [4.78, 5) is 0. The molecule has 0 aliphatic carbocycles. The first-order chi connectivity index (χ1) is 10.2. The Kier molecular flexibility index (Phi) is 4.22. The number of aliphatic hydroxyl groups excluding tert-OH is 1. The van der Waals surface area contributed by atoms with Crippen molar-refractivity contribution in [2.24, 2.45) is 0 Å². The molecule has 5 heteroatoms. The molecule has 0 radical (unpaired) electrons. The first-order valence-electron chi connectivity index (χ1n) is 7.11. The molecule has 0 unspecified atom stereocenters. The Balaban J connectivity index is 1.71. The van der Waals surface area contributed by atoms with Crippen molar-refractivity contribution in [3.8, 4) is 5.75 Å². The zero-order chi connectivity index (χ0) is 14.7. The molecule has 2 heterocycles. The smallest absolute Gasteiger partial charge is 0.133 e. The SMILES string of the molecule is O[C@H](CN[C@@H]1CCCOc2cc(F)ccc21)c1ccco1. The second-order valence-electron chi connectivity index (χ2n) is 5.16. The van der Waals surface area contributed by atoms with Crippen molar-refractivity contribution < 1.29 is 18.7 Å². The Labute approximate surface area is 122 Å². The molecule has 2 N–H and O–H groups in total. The summed E-state index contributed by atoms with van der Waals surface area (Å²) in [5.74, 6) is 0.814. The highest BCUT2D eigenvalue weighted by atomic mass is 19.1. The summed E-state index contributed by atoms with van der Waals surface area (Å²) in [5.41, 5.74) is 0.931. The minimum atomic E-state index is -0.701. The average molecular weight is 291 g/mol. The van der Waals surface area contributed by atoms with Crippen LogP contribution in [0.25, 0.3) is 0 Å². The lowest BCUT2D eigenvalue weighted by Gasteiger charge is -2.20. The number of nitrogens with one attached hydrogen (secondary N) is 1. The van der Waals surface area contributed by atoms with Gasteiger partial charge in [0.1, 0.15) is 23.4 Å². The number of halogens is 1. The summed E-state index contributed by atoms with van der Waals surface area (Å²) in [6.45, 7) is 0.949. The lowest BCUT2D eigenvalue weighted by molar-refractivity contribution is 0.142. The molecular weight excluding hydrogens is 273 g/mol. The van der Waals surface area contributed by atoms with E-state index in [1.54, 1.807) is 18.2 Å². The van der Waals surface area contributed by atoms with Crippen molar-refractivity contribution in [1.82, 2.24) is 5.32 Å². The molecule has 1 aliphatic heterocycles. The number of hydrogen-bond donors (Lipinski definition) is 2. The number of ether oxygens (including phenoxy) is 1. The monoisotopic (exact) mass is 291 g/mol. The van der Waals surface area contributed by atoms with Crippen LogP contribution < -0.4 is 10.1 Å². The number of aliphatic hydroxyl groups is 1. The van der Waals surface area contributed by atoms with Crippen molar-refractivity contribution in [1.29, 1.82) is 0 Å². The molecule has 0 amide bonds. The van der Waals surface area contributed by atoms with Crippen LogP contribution in [0, 0.1) is 5.82 Å². The van der Waals surface area contributed by atoms with E-state index in [0.717, 1.165) is 18.4 Å². The van der Waals surface area contributed by atoms with E-state index in [2.05, 4.69) is 5.32 Å². The molecule has 0 saturated carbocycles. The Morgan fingerprint density at radius 3 is 3.10 bits per heavy atom. The van der Waals surface area contributed by atoms with Gasteiger partial charge in [0.05, 0.1) is 12.9 Å². The van der Waals surface area contributed by atoms with Gasteiger partial charge < -0.3 is 19.6 Å². The molecule has 0 saturated heterocycles. The van der Waals surface area contributed by atoms with Gasteiger partial charge in [-0.3, -0.25) is 0 Å². The van der Waals surface area contributed by atoms with Crippen LogP contribution in [0.2, 0.25) is 0 Å². The van der Waals surface area contributed by atoms with Crippen molar-refractivity contribution in [2.45, 2.75) is 25.0 Å². The number of fused-ring (bicyclic) bond motifs is 1. The molecule has 1 aliphatic rings. The Hall–Kier alpha value is -1.85. The van der Waals surface area contributed by atoms with Gasteiger partial charge in [-0.05, 0) is 31.0 Å². The van der Waals surface area contributed by atoms with Crippen molar-refractivity contribution in [3.63, 3.8) is 0 Å². The molecule has 1 aromatic carbocycles. The third-order valence-corrected chi connectivity index (χ3v) is 3.67. The van der Waals surface area contributed by atoms with Gasteiger partial charge in [0.15, 0.2) is 0 Å². The van der Waals surface area contributed by atoms with Gasteiger partial charge in [-0.15, -0.1) is 0 Å². The molecule has 0 spiro atoms. The van der Waals surface area contributed by atoms with E-state index in [-0.39, 0.29) is 11.9 Å². The van der Waals surface area contributed by atoms with Crippen LogP contribution in [0.3, 0.4) is 0 Å². The number of rotatable bonds is 4. The quantitative estimate of drug-likeness (QED) is 0.909. The van der Waals surface area contributed by atoms with Gasteiger partial charge in [-0.25, -0.2) is 4.39 Å². The maximum Gasteiger partial charge on any atom is 0.133 e. The maximum atomic E-state index is 13.3. The fourth-order valence-electron chi connectivity index (χ4n) is 2.59. The Bertz CT molecular complexity index is 585. The predicted octanol–water partition coefficient (Wildman–Crippen LogP) is 2.96. The highest BCUT2D eigenvalue weighted by molar-refractivity contribution is 5.37. The predicted molar refractivity (Wildman–Crippen MR) is 75.5 cm³/mol. The van der Waals surface area contributed by atoms with Crippen molar-refractivity contribution in [2.75, 3.05) is 13.2 Å². The van der Waals surface area contributed by atoms with Crippen molar-refractivity contribution in [3.05, 3.63) is 53.7 Å². The molecule has 2 aromatic rings. The van der Waals surface area contributed by atoms with Crippen molar-refractivity contribution >= 4 is 0 Å². The fraction of sp³-hybridized carbons (Fsp3) is 0.375. The largest absolute Gasteiger partial charge is 0.493 e. The number of benzene rings is 1. The van der Waals surface area contributed by atoms with Gasteiger partial charge in [-0.1, -0.05) is 6.07 Å². The highest BCUT2D eigenvalue weighted by Crippen LogP contribution is 2.32. The first kappa shape index (κ1) is 14.1. The van der Waals surface area contributed by atoms with Crippen LogP contribution in [-0.2, 0) is 0 Å². The van der Waals surface area contributed by atoms with E-state index < -0.39 is 6.10 Å². The zero-order valence-corrected chi connectivity index (χ0v) is 11.6. The van der Waals surface area contributed by atoms with E-state index in [1.807, 2.05) is 0 Å². The van der Waals surface area contributed by atoms with E-state index in [0.29, 0.717) is 24.7 Å². The van der Waals surface area contributed by atoms with E-state index in [1.165, 1.54) is 18.4 Å². The maximum absolute atomic E-state index is 13.3. The first-order valence-corrected chi connectivity index (χ1v) is 7.11. The van der Waals surface area contributed by atoms with E-state index in [9.17, 15) is 9.50 Å². The van der Waals surface area contributed by atoms with E-state index in [4.69, 9.17) is 9.15 Å². The summed E-state index contributed by atoms with van der Waals surface area (Å²) in [7, 11) is 0. The minimum absolute atomic E-state index is 0.0349. The number of furan rings is 1. The Morgan fingerprint density at radius 2 is 2.29 bits per heavy atom. The van der Waals surface area contributed by atoms with Crippen LogP contribution in [0.5, 0.6) is 5.75 Å². The van der Waals surface area contributed by atoms with Gasteiger partial charge in [0.25, 0.3) is 0 Å². The van der Waals surface area contributed by atoms with Crippen LogP contribution >= 0.6 is 0 Å². The minimum Gasteiger partial charge on any atom is -0.493 e. The third kappa shape index (κ3) is 3.25. The molecule has 0 fully saturated rings. The standard InChI is InChI=1S/C16H18FNO3/c17-11-5-6-12-13(3-1-7-21-16(12)9-11)18-10-14(19)15-4-2-8-20-15/h2,4-6,8-9,13-14,18-19H,1,3,7,10H2/t13-,14-/m1/s1. The number of hydrogen-bond acceptors (Lipinski definition) is 4. The van der Waals surface area contributed by atoms with Gasteiger partial charge in [0, 0.05) is 24.2 Å². The Morgan fingerprint density at radius 1 is 1.38 bits per heavy atom. The molecule has 3 rings (SSSR count). The lowest BCUT2D eigenvalue weighted by atomic mass is 10.0. The van der Waals surface area contributed by atoms with Crippen LogP contribution in [0.4, 0.5) is 4.39 Å². The topological polar surface area (TPSA) is 54.6 Å². The van der Waals surface area contributed by atoms with Crippen LogP contribution in [-0.4, -0.2) is 18.3 Å². The third-order valence-electron chi connectivity index (χ3n) is 3.67.